The van der Waals surface area contributed by atoms with Gasteiger partial charge in [-0.25, -0.2) is 0 Å². The maximum absolute atomic E-state index is 11.0. The summed E-state index contributed by atoms with van der Waals surface area (Å²) in [7, 11) is 0. The molecule has 0 aliphatic heterocycles. The van der Waals surface area contributed by atoms with Crippen LogP contribution in [0.25, 0.3) is 12.2 Å². The Hall–Kier alpha value is -2.34. The molecule has 6 nitrogen and oxygen atoms in total. The van der Waals surface area contributed by atoms with Crippen LogP contribution >= 0.6 is 11.6 Å². The van der Waals surface area contributed by atoms with Crippen molar-refractivity contribution < 1.29 is 14.2 Å². The number of benzene rings is 1. The lowest BCUT2D eigenvalue weighted by molar-refractivity contribution is -0.386. The number of ether oxygens (including phenoxy) is 1. The molecule has 0 fully saturated rings. The number of hydrogen-bond acceptors (Lipinski definition) is 5. The summed E-state index contributed by atoms with van der Waals surface area (Å²) in [4.78, 5) is 10.4. The van der Waals surface area contributed by atoms with Crippen molar-refractivity contribution in [2.75, 3.05) is 6.61 Å². The minimum absolute atomic E-state index is 0.0833. The molecule has 0 aliphatic carbocycles. The van der Waals surface area contributed by atoms with Gasteiger partial charge in [0.1, 0.15) is 5.75 Å². The summed E-state index contributed by atoms with van der Waals surface area (Å²) in [6.45, 7) is 3.89. The fraction of sp³-hybridized carbons (Fsp3) is 0.214. The van der Waals surface area contributed by atoms with Gasteiger partial charge >= 0.3 is 5.69 Å². The molecule has 1 aromatic carbocycles. The van der Waals surface area contributed by atoms with E-state index in [9.17, 15) is 10.1 Å². The standard InChI is InChI=1S/C14H13ClN2O4/c1-3-20-12-7-5-11(15)8-10(12)4-6-13-14(17(18)19)9(2)16-21-13/h4-8H,3H2,1-2H3. The van der Waals surface area contributed by atoms with Crippen molar-refractivity contribution in [1.29, 1.82) is 0 Å². The summed E-state index contributed by atoms with van der Waals surface area (Å²) in [5.74, 6) is 0.719. The van der Waals surface area contributed by atoms with Gasteiger partial charge in [-0.2, -0.15) is 0 Å². The third-order valence-corrected chi connectivity index (χ3v) is 2.96. The number of rotatable bonds is 5. The summed E-state index contributed by atoms with van der Waals surface area (Å²) in [6, 6.07) is 5.16. The summed E-state index contributed by atoms with van der Waals surface area (Å²) in [5, 5.41) is 15.1. The summed E-state index contributed by atoms with van der Waals surface area (Å²) in [6.07, 6.45) is 3.12. The number of nitrogens with zero attached hydrogens (tertiary/aromatic N) is 2. The van der Waals surface area contributed by atoms with Crippen LogP contribution < -0.4 is 4.74 Å². The Morgan fingerprint density at radius 2 is 2.24 bits per heavy atom. The number of aromatic nitrogens is 1. The molecule has 0 amide bonds. The zero-order chi connectivity index (χ0) is 15.4. The van der Waals surface area contributed by atoms with E-state index in [1.165, 1.54) is 13.0 Å². The normalized spacial score (nSPS) is 11.0. The van der Waals surface area contributed by atoms with Gasteiger partial charge in [0.2, 0.25) is 5.76 Å². The second-order valence-electron chi connectivity index (χ2n) is 4.19. The lowest BCUT2D eigenvalue weighted by Crippen LogP contribution is -1.93. The number of halogens is 1. The van der Waals surface area contributed by atoms with E-state index in [0.29, 0.717) is 22.9 Å². The zero-order valence-electron chi connectivity index (χ0n) is 11.5. The lowest BCUT2D eigenvalue weighted by Gasteiger charge is -2.06. The SMILES string of the molecule is CCOc1ccc(Cl)cc1C=Cc1onc(C)c1[N+](=O)[O-]. The van der Waals surface area contributed by atoms with Crippen molar-refractivity contribution in [2.45, 2.75) is 13.8 Å². The van der Waals surface area contributed by atoms with Crippen LogP contribution in [-0.2, 0) is 0 Å². The van der Waals surface area contributed by atoms with Crippen LogP contribution in [0.2, 0.25) is 5.02 Å². The molecule has 1 heterocycles. The number of aryl methyl sites for hydroxylation is 1. The predicted molar refractivity (Wildman–Crippen MR) is 79.4 cm³/mol. The molecule has 21 heavy (non-hydrogen) atoms. The van der Waals surface area contributed by atoms with Crippen LogP contribution in [0.1, 0.15) is 23.9 Å². The van der Waals surface area contributed by atoms with Crippen molar-refractivity contribution in [3.8, 4) is 5.75 Å². The van der Waals surface area contributed by atoms with E-state index in [-0.39, 0.29) is 17.1 Å². The van der Waals surface area contributed by atoms with Gasteiger partial charge in [0.25, 0.3) is 0 Å². The van der Waals surface area contributed by atoms with Crippen molar-refractivity contribution in [2.24, 2.45) is 0 Å². The maximum Gasteiger partial charge on any atom is 0.338 e. The van der Waals surface area contributed by atoms with Crippen molar-refractivity contribution in [3.05, 3.63) is 50.4 Å². The van der Waals surface area contributed by atoms with Crippen LogP contribution in [-0.4, -0.2) is 16.7 Å². The van der Waals surface area contributed by atoms with E-state index < -0.39 is 4.92 Å². The Morgan fingerprint density at radius 1 is 1.48 bits per heavy atom. The monoisotopic (exact) mass is 308 g/mol. The first-order chi connectivity index (χ1) is 10.0. The fourth-order valence-corrected chi connectivity index (χ4v) is 2.00. The van der Waals surface area contributed by atoms with Gasteiger partial charge in [0.05, 0.1) is 11.5 Å². The van der Waals surface area contributed by atoms with Crippen molar-refractivity contribution in [1.82, 2.24) is 5.16 Å². The van der Waals surface area contributed by atoms with Gasteiger partial charge in [-0.15, -0.1) is 0 Å². The van der Waals surface area contributed by atoms with Crippen LogP contribution in [0.5, 0.6) is 5.75 Å². The highest BCUT2D eigenvalue weighted by Gasteiger charge is 2.22. The van der Waals surface area contributed by atoms with E-state index in [4.69, 9.17) is 20.9 Å². The van der Waals surface area contributed by atoms with E-state index in [1.807, 2.05) is 6.92 Å². The Labute approximate surface area is 126 Å². The fourth-order valence-electron chi connectivity index (χ4n) is 1.82. The molecule has 7 heteroatoms. The Kier molecular flexibility index (Phi) is 4.59. The van der Waals surface area contributed by atoms with Gasteiger partial charge in [0, 0.05) is 10.6 Å². The van der Waals surface area contributed by atoms with E-state index in [1.54, 1.807) is 24.3 Å². The highest BCUT2D eigenvalue weighted by molar-refractivity contribution is 6.30. The first kappa shape index (κ1) is 15.1. The Morgan fingerprint density at radius 3 is 2.90 bits per heavy atom. The molecule has 2 rings (SSSR count). The van der Waals surface area contributed by atoms with Crippen LogP contribution in [0.15, 0.2) is 22.7 Å². The molecule has 0 N–H and O–H groups in total. The van der Waals surface area contributed by atoms with Gasteiger partial charge in [0.15, 0.2) is 5.69 Å². The second-order valence-corrected chi connectivity index (χ2v) is 4.62. The van der Waals surface area contributed by atoms with Gasteiger partial charge in [-0.1, -0.05) is 16.8 Å². The second kappa shape index (κ2) is 6.41. The smallest absolute Gasteiger partial charge is 0.338 e. The molecule has 0 saturated heterocycles. The summed E-state index contributed by atoms with van der Waals surface area (Å²) in [5.41, 5.74) is 0.787. The van der Waals surface area contributed by atoms with E-state index in [0.717, 1.165) is 0 Å². The molecule has 0 radical (unpaired) electrons. The van der Waals surface area contributed by atoms with E-state index in [2.05, 4.69) is 5.16 Å². The van der Waals surface area contributed by atoms with Crippen LogP contribution in [0.4, 0.5) is 5.69 Å². The molecule has 0 bridgehead atoms. The van der Waals surface area contributed by atoms with Gasteiger partial charge in [-0.05, 0) is 44.2 Å². The molecule has 2 aromatic rings. The molecule has 1 aromatic heterocycles. The maximum atomic E-state index is 11.0. The summed E-state index contributed by atoms with van der Waals surface area (Å²) >= 11 is 5.95. The molecule has 0 unspecified atom stereocenters. The Balaban J connectivity index is 2.38. The first-order valence-electron chi connectivity index (χ1n) is 6.24. The average molecular weight is 309 g/mol. The molecule has 0 spiro atoms. The van der Waals surface area contributed by atoms with Gasteiger partial charge < -0.3 is 9.26 Å². The van der Waals surface area contributed by atoms with Crippen molar-refractivity contribution in [3.63, 3.8) is 0 Å². The predicted octanol–water partition coefficient (Wildman–Crippen LogP) is 4.11. The first-order valence-corrected chi connectivity index (χ1v) is 6.61. The third-order valence-electron chi connectivity index (χ3n) is 2.73. The third kappa shape index (κ3) is 3.41. The zero-order valence-corrected chi connectivity index (χ0v) is 12.3. The molecule has 0 atom stereocenters. The Bertz CT molecular complexity index is 694. The van der Waals surface area contributed by atoms with Crippen molar-refractivity contribution >= 4 is 29.4 Å². The topological polar surface area (TPSA) is 78.4 Å². The van der Waals surface area contributed by atoms with E-state index >= 15 is 0 Å². The number of nitro groups is 1. The molecule has 0 saturated carbocycles. The minimum Gasteiger partial charge on any atom is -0.493 e. The molecular formula is C14H13ClN2O4. The van der Waals surface area contributed by atoms with Gasteiger partial charge in [-0.3, -0.25) is 10.1 Å². The minimum atomic E-state index is -0.521. The molecule has 110 valence electrons. The summed E-state index contributed by atoms with van der Waals surface area (Å²) < 4.78 is 10.4. The molecular weight excluding hydrogens is 296 g/mol. The van der Waals surface area contributed by atoms with Crippen LogP contribution in [0, 0.1) is 17.0 Å². The van der Waals surface area contributed by atoms with Crippen LogP contribution in [0.3, 0.4) is 0 Å². The average Bonchev–Trinajstić information content (AvgIpc) is 2.80. The largest absolute Gasteiger partial charge is 0.493 e. The quantitative estimate of drug-likeness (QED) is 0.613. The number of hydrogen-bond donors (Lipinski definition) is 0. The highest BCUT2D eigenvalue weighted by atomic mass is 35.5. The highest BCUT2D eigenvalue weighted by Crippen LogP contribution is 2.28. The lowest BCUT2D eigenvalue weighted by atomic mass is 10.1. The molecule has 0 aliphatic rings.